The lowest BCUT2D eigenvalue weighted by molar-refractivity contribution is -0.187. The maximum atomic E-state index is 13.0. The van der Waals surface area contributed by atoms with Crippen molar-refractivity contribution in [2.45, 2.75) is 56.3 Å². The first-order valence-electron chi connectivity index (χ1n) is 9.63. The van der Waals surface area contributed by atoms with E-state index in [4.69, 9.17) is 9.47 Å². The van der Waals surface area contributed by atoms with Crippen molar-refractivity contribution in [1.82, 2.24) is 14.7 Å². The number of amides is 4. The number of carbonyl (C=O) groups is 3. The predicted octanol–water partition coefficient (Wildman–Crippen LogP) is 0.949. The van der Waals surface area contributed by atoms with Crippen molar-refractivity contribution in [3.05, 3.63) is 0 Å². The van der Waals surface area contributed by atoms with Gasteiger partial charge in [-0.1, -0.05) is 19.3 Å². The van der Waals surface area contributed by atoms with Crippen molar-refractivity contribution in [2.75, 3.05) is 39.9 Å². The fourth-order valence-corrected chi connectivity index (χ4v) is 4.79. The van der Waals surface area contributed by atoms with E-state index in [9.17, 15) is 14.4 Å². The van der Waals surface area contributed by atoms with E-state index in [2.05, 4.69) is 0 Å². The third-order valence-electron chi connectivity index (χ3n) is 6.47. The second-order valence-electron chi connectivity index (χ2n) is 7.81. The molecule has 1 aliphatic carbocycles. The Morgan fingerprint density at radius 3 is 2.23 bits per heavy atom. The molecule has 8 nitrogen and oxygen atoms in total. The summed E-state index contributed by atoms with van der Waals surface area (Å²) in [7, 11) is 1.69. The van der Waals surface area contributed by atoms with Gasteiger partial charge in [0.05, 0.1) is 13.2 Å². The Morgan fingerprint density at radius 2 is 1.62 bits per heavy atom. The predicted molar refractivity (Wildman–Crippen MR) is 91.1 cm³/mol. The Hall–Kier alpha value is -1.67. The summed E-state index contributed by atoms with van der Waals surface area (Å²) in [6.45, 7) is 2.07. The van der Waals surface area contributed by atoms with Gasteiger partial charge in [-0.2, -0.15) is 0 Å². The number of piperidine rings is 1. The summed E-state index contributed by atoms with van der Waals surface area (Å²) in [4.78, 5) is 42.7. The highest BCUT2D eigenvalue weighted by atomic mass is 16.7. The van der Waals surface area contributed by atoms with Crippen LogP contribution in [0.3, 0.4) is 0 Å². The maximum Gasteiger partial charge on any atom is 0.327 e. The van der Waals surface area contributed by atoms with E-state index < -0.39 is 11.3 Å². The van der Waals surface area contributed by atoms with E-state index in [1.807, 2.05) is 0 Å². The summed E-state index contributed by atoms with van der Waals surface area (Å²) in [5.41, 5.74) is -0.729. The number of hydrogen-bond acceptors (Lipinski definition) is 5. The van der Waals surface area contributed by atoms with E-state index in [1.165, 1.54) is 0 Å². The number of rotatable bonds is 2. The van der Waals surface area contributed by atoms with Crippen LogP contribution in [0.4, 0.5) is 4.79 Å². The highest BCUT2D eigenvalue weighted by molar-refractivity contribution is 6.08. The van der Waals surface area contributed by atoms with Crippen LogP contribution in [0.25, 0.3) is 0 Å². The zero-order valence-corrected chi connectivity index (χ0v) is 15.4. The monoisotopic (exact) mass is 365 g/mol. The molecule has 26 heavy (non-hydrogen) atoms. The van der Waals surface area contributed by atoms with E-state index in [1.54, 1.807) is 16.8 Å². The minimum absolute atomic E-state index is 0.168. The Bertz CT molecular complexity index is 600. The Kier molecular flexibility index (Phi) is 4.43. The quantitative estimate of drug-likeness (QED) is 0.681. The van der Waals surface area contributed by atoms with Gasteiger partial charge in [0, 0.05) is 33.0 Å². The van der Waals surface area contributed by atoms with Gasteiger partial charge in [-0.15, -0.1) is 0 Å². The van der Waals surface area contributed by atoms with Crippen molar-refractivity contribution in [1.29, 1.82) is 0 Å². The molecule has 0 aromatic carbocycles. The molecule has 0 radical (unpaired) electrons. The van der Waals surface area contributed by atoms with E-state index >= 15 is 0 Å². The highest BCUT2D eigenvalue weighted by Crippen LogP contribution is 2.39. The van der Waals surface area contributed by atoms with Gasteiger partial charge in [-0.05, 0) is 12.8 Å². The molecule has 4 amide bonds. The lowest BCUT2D eigenvalue weighted by Crippen LogP contribution is -2.51. The minimum Gasteiger partial charge on any atom is -0.347 e. The molecule has 3 aliphatic heterocycles. The minimum atomic E-state index is -0.729. The van der Waals surface area contributed by atoms with Crippen molar-refractivity contribution >= 4 is 17.8 Å². The zero-order chi connectivity index (χ0) is 18.4. The van der Waals surface area contributed by atoms with Crippen molar-refractivity contribution < 1.29 is 23.9 Å². The Labute approximate surface area is 153 Å². The summed E-state index contributed by atoms with van der Waals surface area (Å²) >= 11 is 0. The summed E-state index contributed by atoms with van der Waals surface area (Å²) in [6.07, 6.45) is 5.63. The van der Waals surface area contributed by atoms with Crippen LogP contribution in [0, 0.1) is 0 Å². The summed E-state index contributed by atoms with van der Waals surface area (Å²) in [5.74, 6) is -0.919. The van der Waals surface area contributed by atoms with Crippen LogP contribution in [0.1, 0.15) is 44.9 Å². The standard InChI is InChI=1S/C18H27N3O5/c1-19-16(24)21(15(23)17(19)5-3-2-4-6-17)13-14(22)20-9-7-18(8-10-20)25-11-12-26-18/h2-13H2,1H3. The van der Waals surface area contributed by atoms with Crippen LogP contribution >= 0.6 is 0 Å². The molecule has 3 saturated heterocycles. The fourth-order valence-electron chi connectivity index (χ4n) is 4.79. The lowest BCUT2D eigenvalue weighted by atomic mass is 9.81. The summed E-state index contributed by atoms with van der Waals surface area (Å²) in [5, 5.41) is 0. The molecule has 1 saturated carbocycles. The second-order valence-corrected chi connectivity index (χ2v) is 7.81. The number of ether oxygens (including phenoxy) is 2. The van der Waals surface area contributed by atoms with Gasteiger partial charge in [0.15, 0.2) is 5.79 Å². The Balaban J connectivity index is 1.40. The normalized spacial score (nSPS) is 27.8. The number of likely N-dealkylation sites (N-methyl/N-ethyl adjacent to an activating group) is 1. The first-order chi connectivity index (χ1) is 12.5. The molecule has 2 spiro atoms. The number of carbonyl (C=O) groups excluding carboxylic acids is 3. The van der Waals surface area contributed by atoms with Crippen molar-refractivity contribution in [3.8, 4) is 0 Å². The number of urea groups is 1. The van der Waals surface area contributed by atoms with Crippen LogP contribution in [0.15, 0.2) is 0 Å². The Morgan fingerprint density at radius 1 is 1.00 bits per heavy atom. The van der Waals surface area contributed by atoms with Gasteiger partial charge in [0.25, 0.3) is 5.91 Å². The van der Waals surface area contributed by atoms with Gasteiger partial charge < -0.3 is 19.3 Å². The third-order valence-corrected chi connectivity index (χ3v) is 6.47. The van der Waals surface area contributed by atoms with E-state index in [0.717, 1.165) is 24.2 Å². The molecule has 0 aromatic rings. The zero-order valence-electron chi connectivity index (χ0n) is 15.4. The van der Waals surface area contributed by atoms with E-state index in [-0.39, 0.29) is 24.4 Å². The molecule has 4 aliphatic rings. The van der Waals surface area contributed by atoms with Gasteiger partial charge in [0.2, 0.25) is 5.91 Å². The first-order valence-corrected chi connectivity index (χ1v) is 9.63. The molecule has 3 heterocycles. The maximum absolute atomic E-state index is 13.0. The molecule has 0 N–H and O–H groups in total. The summed E-state index contributed by atoms with van der Waals surface area (Å²) < 4.78 is 11.4. The first kappa shape index (κ1) is 17.7. The van der Waals surface area contributed by atoms with Crippen LogP contribution < -0.4 is 0 Å². The molecule has 4 rings (SSSR count). The number of hydrogen-bond donors (Lipinski definition) is 0. The molecular formula is C18H27N3O5. The second kappa shape index (κ2) is 6.49. The molecule has 0 unspecified atom stereocenters. The van der Waals surface area contributed by atoms with Crippen molar-refractivity contribution in [2.24, 2.45) is 0 Å². The molecule has 0 bridgehead atoms. The average molecular weight is 365 g/mol. The fraction of sp³-hybridized carbons (Fsp3) is 0.833. The van der Waals surface area contributed by atoms with E-state index in [0.29, 0.717) is 52.0 Å². The number of likely N-dealkylation sites (tertiary alicyclic amines) is 1. The lowest BCUT2D eigenvalue weighted by Gasteiger charge is -2.38. The van der Waals surface area contributed by atoms with Crippen LogP contribution in [0.2, 0.25) is 0 Å². The van der Waals surface area contributed by atoms with Crippen LogP contribution in [-0.2, 0) is 19.1 Å². The largest absolute Gasteiger partial charge is 0.347 e. The van der Waals surface area contributed by atoms with Gasteiger partial charge >= 0.3 is 6.03 Å². The van der Waals surface area contributed by atoms with Gasteiger partial charge in [-0.3, -0.25) is 14.5 Å². The molecular weight excluding hydrogens is 338 g/mol. The smallest absolute Gasteiger partial charge is 0.327 e. The molecule has 144 valence electrons. The summed E-state index contributed by atoms with van der Waals surface area (Å²) in [6, 6.07) is -0.346. The molecule has 0 atom stereocenters. The topological polar surface area (TPSA) is 79.4 Å². The molecule has 0 aromatic heterocycles. The molecule has 4 fully saturated rings. The van der Waals surface area contributed by atoms with Gasteiger partial charge in [0.1, 0.15) is 12.1 Å². The van der Waals surface area contributed by atoms with Crippen LogP contribution in [-0.4, -0.2) is 83.8 Å². The number of nitrogens with zero attached hydrogens (tertiary/aromatic N) is 3. The number of imide groups is 1. The average Bonchev–Trinajstić information content (AvgIpc) is 3.18. The van der Waals surface area contributed by atoms with Crippen LogP contribution in [0.5, 0.6) is 0 Å². The van der Waals surface area contributed by atoms with Crippen molar-refractivity contribution in [3.63, 3.8) is 0 Å². The van der Waals surface area contributed by atoms with Gasteiger partial charge in [-0.25, -0.2) is 4.79 Å². The highest BCUT2D eigenvalue weighted by Gasteiger charge is 2.56. The SMILES string of the molecule is CN1C(=O)N(CC(=O)N2CCC3(CC2)OCCO3)C(=O)C12CCCCC2. The molecule has 8 heteroatoms. The third kappa shape index (κ3) is 2.70.